The summed E-state index contributed by atoms with van der Waals surface area (Å²) in [5.41, 5.74) is 2.59. The van der Waals surface area contributed by atoms with Gasteiger partial charge in [-0.1, -0.05) is 95.1 Å². The van der Waals surface area contributed by atoms with E-state index in [1.807, 2.05) is 60.7 Å². The first-order valence-electron chi connectivity index (χ1n) is 8.42. The minimum absolute atomic E-state index is 0.112. The van der Waals surface area contributed by atoms with E-state index in [1.165, 1.54) is 6.21 Å². The van der Waals surface area contributed by atoms with Crippen molar-refractivity contribution in [1.29, 1.82) is 0 Å². The number of halogens is 2. The van der Waals surface area contributed by atoms with E-state index in [0.717, 1.165) is 11.1 Å². The van der Waals surface area contributed by atoms with Crippen molar-refractivity contribution >= 4 is 35.4 Å². The second kappa shape index (κ2) is 9.36. The molecule has 27 heavy (non-hydrogen) atoms. The lowest BCUT2D eigenvalue weighted by molar-refractivity contribution is -0.143. The molecular weight excluding hydrogens is 381 g/mol. The van der Waals surface area contributed by atoms with Crippen LogP contribution in [0.2, 0.25) is 10.0 Å². The predicted octanol–water partition coefficient (Wildman–Crippen LogP) is 6.09. The van der Waals surface area contributed by atoms with E-state index in [0.29, 0.717) is 15.6 Å². The summed E-state index contributed by atoms with van der Waals surface area (Å²) in [6, 6.07) is 24.8. The summed E-state index contributed by atoms with van der Waals surface area (Å²) in [5, 5.41) is 4.64. The number of oxime groups is 1. The van der Waals surface area contributed by atoms with Gasteiger partial charge >= 0.3 is 5.97 Å². The van der Waals surface area contributed by atoms with Crippen LogP contribution >= 0.6 is 23.2 Å². The molecule has 3 aromatic carbocycles. The van der Waals surface area contributed by atoms with Crippen molar-refractivity contribution in [2.24, 2.45) is 5.16 Å². The highest BCUT2D eigenvalue weighted by atomic mass is 35.5. The second-order valence-corrected chi connectivity index (χ2v) is 6.73. The molecule has 0 unspecified atom stereocenters. The Hall–Kier alpha value is -2.62. The van der Waals surface area contributed by atoms with Gasteiger partial charge in [0.2, 0.25) is 0 Å². The zero-order valence-corrected chi connectivity index (χ0v) is 15.9. The van der Waals surface area contributed by atoms with E-state index in [-0.39, 0.29) is 12.3 Å². The Balaban J connectivity index is 1.73. The summed E-state index contributed by atoms with van der Waals surface area (Å²) in [6.45, 7) is 0. The third-order valence-corrected chi connectivity index (χ3v) is 4.77. The monoisotopic (exact) mass is 397 g/mol. The number of nitrogens with zero attached hydrogens (tertiary/aromatic N) is 1. The summed E-state index contributed by atoms with van der Waals surface area (Å²) >= 11 is 12.1. The van der Waals surface area contributed by atoms with Crippen LogP contribution in [-0.2, 0) is 9.63 Å². The van der Waals surface area contributed by atoms with Gasteiger partial charge in [-0.25, -0.2) is 4.79 Å². The highest BCUT2D eigenvalue weighted by Gasteiger charge is 2.19. The summed E-state index contributed by atoms with van der Waals surface area (Å²) in [7, 11) is 0. The second-order valence-electron chi connectivity index (χ2n) is 5.91. The topological polar surface area (TPSA) is 38.7 Å². The van der Waals surface area contributed by atoms with Gasteiger partial charge in [0.15, 0.2) is 0 Å². The lowest BCUT2D eigenvalue weighted by Gasteiger charge is -2.16. The van der Waals surface area contributed by atoms with E-state index in [4.69, 9.17) is 28.0 Å². The molecule has 3 nitrogen and oxygen atoms in total. The minimum Gasteiger partial charge on any atom is -0.318 e. The molecule has 0 bridgehead atoms. The lowest BCUT2D eigenvalue weighted by Crippen LogP contribution is -2.10. The number of hydrogen-bond donors (Lipinski definition) is 0. The third-order valence-electron chi connectivity index (χ3n) is 4.11. The van der Waals surface area contributed by atoms with Gasteiger partial charge in [0, 0.05) is 11.5 Å². The van der Waals surface area contributed by atoms with Gasteiger partial charge in [-0.2, -0.15) is 0 Å². The average Bonchev–Trinajstić information content (AvgIpc) is 2.70. The molecule has 3 aromatic rings. The van der Waals surface area contributed by atoms with Crippen LogP contribution in [0.3, 0.4) is 0 Å². The SMILES string of the molecule is O=C(CC(c1ccccc1)c1ccccc1)O/N=C\c1c(Cl)cccc1Cl. The van der Waals surface area contributed by atoms with Gasteiger partial charge in [-0.3, -0.25) is 0 Å². The maximum Gasteiger partial charge on any atom is 0.335 e. The first kappa shape index (κ1) is 19.2. The Morgan fingerprint density at radius 3 is 1.89 bits per heavy atom. The normalized spacial score (nSPS) is 11.1. The summed E-state index contributed by atoms with van der Waals surface area (Å²) in [6.07, 6.45) is 1.52. The predicted molar refractivity (Wildman–Crippen MR) is 109 cm³/mol. The largest absolute Gasteiger partial charge is 0.335 e. The molecule has 0 saturated carbocycles. The smallest absolute Gasteiger partial charge is 0.318 e. The van der Waals surface area contributed by atoms with Crippen molar-refractivity contribution in [3.8, 4) is 0 Å². The van der Waals surface area contributed by atoms with Gasteiger partial charge in [0.1, 0.15) is 0 Å². The molecule has 0 N–H and O–H groups in total. The van der Waals surface area contributed by atoms with E-state index in [1.54, 1.807) is 18.2 Å². The average molecular weight is 398 g/mol. The van der Waals surface area contributed by atoms with Crippen molar-refractivity contribution in [3.05, 3.63) is 106 Å². The summed E-state index contributed by atoms with van der Waals surface area (Å²) in [4.78, 5) is 17.4. The van der Waals surface area contributed by atoms with E-state index >= 15 is 0 Å². The van der Waals surface area contributed by atoms with Crippen LogP contribution in [0.15, 0.2) is 84.0 Å². The van der Waals surface area contributed by atoms with E-state index in [2.05, 4.69) is 5.16 Å². The van der Waals surface area contributed by atoms with Crippen molar-refractivity contribution in [2.45, 2.75) is 12.3 Å². The first-order valence-corrected chi connectivity index (χ1v) is 9.18. The molecule has 0 atom stereocenters. The van der Waals surface area contributed by atoms with Crippen LogP contribution in [0.4, 0.5) is 0 Å². The molecule has 5 heteroatoms. The van der Waals surface area contributed by atoms with Crippen molar-refractivity contribution in [2.75, 3.05) is 0 Å². The molecule has 3 rings (SSSR count). The van der Waals surface area contributed by atoms with Gasteiger partial charge < -0.3 is 4.84 Å². The Morgan fingerprint density at radius 2 is 1.37 bits per heavy atom. The number of rotatable bonds is 6. The third kappa shape index (κ3) is 5.19. The van der Waals surface area contributed by atoms with Gasteiger partial charge in [0.25, 0.3) is 0 Å². The molecule has 136 valence electrons. The number of carbonyl (C=O) groups excluding carboxylic acids is 1. The molecule has 0 aliphatic heterocycles. The molecule has 0 radical (unpaired) electrons. The maximum absolute atomic E-state index is 12.4. The maximum atomic E-state index is 12.4. The molecule has 0 heterocycles. The molecule has 0 aliphatic carbocycles. The molecule has 0 aliphatic rings. The zero-order valence-electron chi connectivity index (χ0n) is 14.4. The Morgan fingerprint density at radius 1 is 0.852 bits per heavy atom. The highest BCUT2D eigenvalue weighted by Crippen LogP contribution is 2.28. The zero-order chi connectivity index (χ0) is 19.1. The minimum atomic E-state index is -0.438. The highest BCUT2D eigenvalue weighted by molar-refractivity contribution is 6.38. The van der Waals surface area contributed by atoms with Crippen LogP contribution in [0, 0.1) is 0 Å². The lowest BCUT2D eigenvalue weighted by atomic mass is 9.89. The first-order chi connectivity index (χ1) is 13.1. The summed E-state index contributed by atoms with van der Waals surface area (Å²) < 4.78 is 0. The van der Waals surface area contributed by atoms with Gasteiger partial charge in [-0.15, -0.1) is 0 Å². The van der Waals surface area contributed by atoms with Crippen molar-refractivity contribution < 1.29 is 9.63 Å². The molecule has 0 amide bonds. The molecule has 0 saturated heterocycles. The van der Waals surface area contributed by atoms with Gasteiger partial charge in [-0.05, 0) is 23.3 Å². The van der Waals surface area contributed by atoms with Crippen LogP contribution < -0.4 is 0 Å². The van der Waals surface area contributed by atoms with Crippen molar-refractivity contribution in [1.82, 2.24) is 0 Å². The number of benzene rings is 3. The van der Waals surface area contributed by atoms with Crippen LogP contribution in [0.25, 0.3) is 0 Å². The molecule has 0 aromatic heterocycles. The standard InChI is InChI=1S/C22H17Cl2NO2/c23-20-12-7-13-21(24)19(20)15-25-27-22(26)14-18(16-8-3-1-4-9-16)17-10-5-2-6-11-17/h1-13,15,18H,14H2/b25-15-. The van der Waals surface area contributed by atoms with Crippen molar-refractivity contribution in [3.63, 3.8) is 0 Å². The Bertz CT molecular complexity index is 868. The molecule has 0 fully saturated rings. The van der Waals surface area contributed by atoms with Crippen LogP contribution in [0.1, 0.15) is 29.0 Å². The number of hydrogen-bond acceptors (Lipinski definition) is 3. The summed E-state index contributed by atoms with van der Waals surface area (Å²) in [5.74, 6) is -0.550. The number of carbonyl (C=O) groups is 1. The molecule has 0 spiro atoms. The fourth-order valence-corrected chi connectivity index (χ4v) is 3.27. The van der Waals surface area contributed by atoms with E-state index < -0.39 is 5.97 Å². The fraction of sp³-hybridized carbons (Fsp3) is 0.0909. The van der Waals surface area contributed by atoms with E-state index in [9.17, 15) is 4.79 Å². The Kier molecular flexibility index (Phi) is 6.64. The Labute approximate surface area is 168 Å². The molecular formula is C22H17Cl2NO2. The van der Waals surface area contributed by atoms with Crippen LogP contribution in [0.5, 0.6) is 0 Å². The van der Waals surface area contributed by atoms with Crippen LogP contribution in [-0.4, -0.2) is 12.2 Å². The fourth-order valence-electron chi connectivity index (χ4n) is 2.77. The van der Waals surface area contributed by atoms with Gasteiger partial charge in [0.05, 0.1) is 22.7 Å². The quantitative estimate of drug-likeness (QED) is 0.286.